The molecule has 0 radical (unpaired) electrons. The molecule has 11 heteroatoms. The summed E-state index contributed by atoms with van der Waals surface area (Å²) in [6.45, 7) is 0.245. The van der Waals surface area contributed by atoms with Crippen LogP contribution in [0.25, 0.3) is 10.8 Å². The quantitative estimate of drug-likeness (QED) is 0.363. The number of fused-ring (bicyclic) bond motifs is 2. The van der Waals surface area contributed by atoms with Crippen molar-refractivity contribution < 1.29 is 28.8 Å². The van der Waals surface area contributed by atoms with Gasteiger partial charge >= 0.3 is 0 Å². The van der Waals surface area contributed by atoms with Crippen LogP contribution >= 0.6 is 0 Å². The number of carbonyl (C=O) groups excluding carboxylic acids is 6. The summed E-state index contributed by atoms with van der Waals surface area (Å²) in [7, 11) is 1.53. The molecular formula is C33H31N5O6. The molecule has 44 heavy (non-hydrogen) atoms. The monoisotopic (exact) mass is 593 g/mol. The lowest BCUT2D eigenvalue weighted by Gasteiger charge is -2.32. The van der Waals surface area contributed by atoms with Crippen molar-refractivity contribution in [2.24, 2.45) is 0 Å². The van der Waals surface area contributed by atoms with Crippen molar-refractivity contribution in [1.29, 1.82) is 0 Å². The van der Waals surface area contributed by atoms with E-state index in [0.29, 0.717) is 30.5 Å². The first kappa shape index (κ1) is 28.9. The van der Waals surface area contributed by atoms with Gasteiger partial charge in [-0.2, -0.15) is 0 Å². The van der Waals surface area contributed by atoms with E-state index < -0.39 is 35.7 Å². The van der Waals surface area contributed by atoms with E-state index in [0.717, 1.165) is 27.7 Å². The molecule has 3 aliphatic rings. The van der Waals surface area contributed by atoms with Crippen molar-refractivity contribution in [3.8, 4) is 0 Å². The average Bonchev–Trinajstić information content (AvgIpc) is 3.24. The molecule has 2 aliphatic heterocycles. The van der Waals surface area contributed by atoms with Crippen LogP contribution in [0.1, 0.15) is 70.1 Å². The van der Waals surface area contributed by atoms with Gasteiger partial charge in [-0.3, -0.25) is 44.0 Å². The van der Waals surface area contributed by atoms with Crippen LogP contribution in [0.2, 0.25) is 0 Å². The van der Waals surface area contributed by atoms with Gasteiger partial charge in [0.2, 0.25) is 23.6 Å². The van der Waals surface area contributed by atoms with Gasteiger partial charge in [-0.15, -0.1) is 0 Å². The number of rotatable bonds is 9. The van der Waals surface area contributed by atoms with Crippen molar-refractivity contribution in [3.05, 3.63) is 88.8 Å². The predicted molar refractivity (Wildman–Crippen MR) is 159 cm³/mol. The van der Waals surface area contributed by atoms with E-state index in [4.69, 9.17) is 0 Å². The summed E-state index contributed by atoms with van der Waals surface area (Å²) in [4.78, 5) is 84.2. The van der Waals surface area contributed by atoms with Crippen LogP contribution < -0.4 is 10.6 Å². The molecule has 2 N–H and O–H groups in total. The smallest absolute Gasteiger partial charge is 0.262 e. The second-order valence-electron chi connectivity index (χ2n) is 11.2. The molecule has 0 bridgehead atoms. The van der Waals surface area contributed by atoms with Crippen LogP contribution in [0.3, 0.4) is 0 Å². The maximum absolute atomic E-state index is 13.6. The summed E-state index contributed by atoms with van der Waals surface area (Å²) < 4.78 is 0. The van der Waals surface area contributed by atoms with Crippen LogP contribution in [0, 0.1) is 0 Å². The van der Waals surface area contributed by atoms with E-state index in [-0.39, 0.29) is 42.3 Å². The van der Waals surface area contributed by atoms with Gasteiger partial charge in [-0.25, -0.2) is 0 Å². The summed E-state index contributed by atoms with van der Waals surface area (Å²) in [6, 6.07) is 12.5. The zero-order valence-corrected chi connectivity index (χ0v) is 24.2. The minimum Gasteiger partial charge on any atom is -0.357 e. The number of likely N-dealkylation sites (N-methyl/N-ethyl adjacent to an activating group) is 1. The number of nitrogens with zero attached hydrogens (tertiary/aromatic N) is 3. The third-order valence-electron chi connectivity index (χ3n) is 8.45. The van der Waals surface area contributed by atoms with Gasteiger partial charge in [-0.1, -0.05) is 36.4 Å². The molecule has 6 amide bonds. The summed E-state index contributed by atoms with van der Waals surface area (Å²) >= 11 is 0. The zero-order chi connectivity index (χ0) is 31.0. The lowest BCUT2D eigenvalue weighted by Crippen LogP contribution is -2.54. The van der Waals surface area contributed by atoms with Crippen LogP contribution in [0.15, 0.2) is 66.4 Å². The number of allylic oxidation sites excluding steroid dienone is 1. The maximum Gasteiger partial charge on any atom is 0.262 e. The number of benzene rings is 2. The predicted octanol–water partition coefficient (Wildman–Crippen LogP) is 2.60. The number of pyridine rings is 1. The van der Waals surface area contributed by atoms with E-state index >= 15 is 0 Å². The lowest BCUT2D eigenvalue weighted by molar-refractivity contribution is -0.138. The Morgan fingerprint density at radius 2 is 1.77 bits per heavy atom. The van der Waals surface area contributed by atoms with Gasteiger partial charge in [0.05, 0.1) is 16.8 Å². The summed E-state index contributed by atoms with van der Waals surface area (Å²) in [6.07, 6.45) is 6.10. The van der Waals surface area contributed by atoms with Crippen LogP contribution in [-0.2, 0) is 25.6 Å². The van der Waals surface area contributed by atoms with Gasteiger partial charge in [-0.05, 0) is 61.3 Å². The first-order valence-corrected chi connectivity index (χ1v) is 14.7. The number of hydrogen-bond donors (Lipinski definition) is 2. The third kappa shape index (κ3) is 5.25. The molecule has 2 aromatic carbocycles. The topological polar surface area (TPSA) is 146 Å². The van der Waals surface area contributed by atoms with E-state index in [2.05, 4.69) is 15.6 Å². The molecule has 3 aromatic rings. The van der Waals surface area contributed by atoms with Gasteiger partial charge in [0.1, 0.15) is 6.04 Å². The Labute approximate surface area is 253 Å². The van der Waals surface area contributed by atoms with Gasteiger partial charge < -0.3 is 10.2 Å². The number of piperidine rings is 1. The highest BCUT2D eigenvalue weighted by molar-refractivity contribution is 6.23. The summed E-state index contributed by atoms with van der Waals surface area (Å²) in [5, 5.41) is 6.72. The van der Waals surface area contributed by atoms with Gasteiger partial charge in [0.25, 0.3) is 11.8 Å². The number of imide groups is 2. The molecule has 1 fully saturated rings. The summed E-state index contributed by atoms with van der Waals surface area (Å²) in [5.74, 6) is -2.79. The molecule has 224 valence electrons. The minimum absolute atomic E-state index is 0.0486. The molecule has 1 aliphatic carbocycles. The first-order chi connectivity index (χ1) is 21.3. The Morgan fingerprint density at radius 1 is 1.02 bits per heavy atom. The van der Waals surface area contributed by atoms with Crippen molar-refractivity contribution in [1.82, 2.24) is 25.4 Å². The van der Waals surface area contributed by atoms with Crippen LogP contribution in [0.5, 0.6) is 0 Å². The molecule has 2 atom stereocenters. The Bertz CT molecular complexity index is 1760. The zero-order valence-electron chi connectivity index (χ0n) is 24.2. The molecule has 0 spiro atoms. The molecule has 6 rings (SSSR count). The van der Waals surface area contributed by atoms with Crippen molar-refractivity contribution in [2.45, 2.75) is 50.6 Å². The highest BCUT2D eigenvalue weighted by Gasteiger charge is 2.44. The Morgan fingerprint density at radius 3 is 2.48 bits per heavy atom. The normalized spacial score (nSPS) is 18.3. The first-order valence-electron chi connectivity index (χ1n) is 14.7. The van der Waals surface area contributed by atoms with E-state index in [9.17, 15) is 28.8 Å². The third-order valence-corrected chi connectivity index (χ3v) is 8.45. The number of hydrogen-bond acceptors (Lipinski definition) is 7. The van der Waals surface area contributed by atoms with Gasteiger partial charge in [0.15, 0.2) is 6.04 Å². The molecule has 1 saturated heterocycles. The van der Waals surface area contributed by atoms with E-state index in [1.807, 2.05) is 36.4 Å². The van der Waals surface area contributed by atoms with Crippen LogP contribution in [0.4, 0.5) is 0 Å². The Balaban J connectivity index is 1.22. The SMILES string of the molecule is CNC(=O)C(c1cc2ccccc2cn1)N(CCCc1ccc2c(c1)C(=O)N(C1CCC(=O)NC1=O)C2=O)C(=O)C1=CCC1. The average molecular weight is 594 g/mol. The van der Waals surface area contributed by atoms with Crippen molar-refractivity contribution in [2.75, 3.05) is 13.6 Å². The number of aryl methyl sites for hydroxylation is 1. The molecule has 2 unspecified atom stereocenters. The van der Waals surface area contributed by atoms with Gasteiger partial charge in [0, 0.05) is 37.2 Å². The fourth-order valence-corrected chi connectivity index (χ4v) is 5.96. The second-order valence-corrected chi connectivity index (χ2v) is 11.2. The molecular weight excluding hydrogens is 562 g/mol. The Hall–Kier alpha value is -5.19. The highest BCUT2D eigenvalue weighted by Crippen LogP contribution is 2.31. The second kappa shape index (κ2) is 11.8. The number of aromatic nitrogens is 1. The van der Waals surface area contributed by atoms with Crippen molar-refractivity contribution >= 4 is 46.2 Å². The van der Waals surface area contributed by atoms with Crippen LogP contribution in [-0.4, -0.2) is 69.9 Å². The number of amides is 6. The number of nitrogens with one attached hydrogen (secondary N) is 2. The molecule has 11 nitrogen and oxygen atoms in total. The summed E-state index contributed by atoms with van der Waals surface area (Å²) in [5.41, 5.74) is 2.31. The largest absolute Gasteiger partial charge is 0.357 e. The molecule has 0 saturated carbocycles. The number of carbonyl (C=O) groups is 6. The fourth-order valence-electron chi connectivity index (χ4n) is 5.96. The standard InChI is InChI=1S/C33H31N5O6/c1-34-30(41)28(25-17-21-7-2-3-8-22(21)18-35-25)37(31(42)20-9-4-10-20)15-5-6-19-11-12-23-24(16-19)33(44)38(32(23)43)26-13-14-27(39)36-29(26)40/h2-3,7-9,11-12,16-18,26,28H,4-6,10,13-15H2,1H3,(H,34,41)(H,36,39,40). The minimum atomic E-state index is -1.03. The molecule has 3 heterocycles. The van der Waals surface area contributed by atoms with E-state index in [1.165, 1.54) is 7.05 Å². The maximum atomic E-state index is 13.6. The Kier molecular flexibility index (Phi) is 7.77. The van der Waals surface area contributed by atoms with E-state index in [1.54, 1.807) is 29.3 Å². The molecule has 1 aromatic heterocycles. The highest BCUT2D eigenvalue weighted by atomic mass is 16.2. The fraction of sp³-hybridized carbons (Fsp3) is 0.303. The lowest BCUT2D eigenvalue weighted by atomic mass is 9.95. The van der Waals surface area contributed by atoms with Crippen molar-refractivity contribution in [3.63, 3.8) is 0 Å².